The summed E-state index contributed by atoms with van der Waals surface area (Å²) in [4.78, 5) is 3.46. The number of hydrogen-bond acceptors (Lipinski definition) is 6. The van der Waals surface area contributed by atoms with Crippen molar-refractivity contribution in [3.05, 3.63) is 77.9 Å². The minimum Gasteiger partial charge on any atom is -0.508 e. The van der Waals surface area contributed by atoms with Crippen LogP contribution >= 0.6 is 11.8 Å². The van der Waals surface area contributed by atoms with Crippen LogP contribution in [0.3, 0.4) is 0 Å². The fourth-order valence-electron chi connectivity index (χ4n) is 4.46. The molecule has 0 amide bonds. The first-order chi connectivity index (χ1) is 16.2. The number of phenolic OH excluding ortho intramolecular Hbond substituents is 2. The van der Waals surface area contributed by atoms with E-state index in [1.165, 1.54) is 32.4 Å². The SMILES string of the molecule is Oc1ccc([C@H]2Sc3ccc(O)cc3O[C@H]2c2ccc(OCCN3CCCCC3)cc2)cc1. The molecule has 0 radical (unpaired) electrons. The third kappa shape index (κ3) is 5.23. The number of thioether (sulfide) groups is 1. The van der Waals surface area contributed by atoms with E-state index in [2.05, 4.69) is 17.0 Å². The van der Waals surface area contributed by atoms with Gasteiger partial charge in [0.1, 0.15) is 35.7 Å². The number of likely N-dealkylation sites (tertiary alicyclic amines) is 1. The lowest BCUT2D eigenvalue weighted by molar-refractivity contribution is 0.182. The van der Waals surface area contributed by atoms with Crippen LogP contribution in [0.15, 0.2) is 71.6 Å². The molecule has 2 atom stereocenters. The average molecular weight is 464 g/mol. The number of piperidine rings is 1. The molecular formula is C27H29NO4S. The molecule has 2 aliphatic rings. The van der Waals surface area contributed by atoms with E-state index >= 15 is 0 Å². The van der Waals surface area contributed by atoms with Gasteiger partial charge in [-0.2, -0.15) is 0 Å². The Morgan fingerprint density at radius 1 is 0.848 bits per heavy atom. The molecule has 2 heterocycles. The second-order valence-corrected chi connectivity index (χ2v) is 9.80. The Morgan fingerprint density at radius 3 is 2.30 bits per heavy atom. The number of aromatic hydroxyl groups is 2. The molecule has 172 valence electrons. The number of benzene rings is 3. The minimum absolute atomic E-state index is 0.00788. The van der Waals surface area contributed by atoms with Crippen molar-refractivity contribution in [2.24, 2.45) is 0 Å². The molecule has 1 saturated heterocycles. The van der Waals surface area contributed by atoms with E-state index in [0.29, 0.717) is 12.4 Å². The molecule has 3 aromatic rings. The lowest BCUT2D eigenvalue weighted by Crippen LogP contribution is -2.33. The van der Waals surface area contributed by atoms with E-state index in [9.17, 15) is 10.2 Å². The molecule has 0 saturated carbocycles. The summed E-state index contributed by atoms with van der Waals surface area (Å²) in [6.45, 7) is 4.01. The first kappa shape index (κ1) is 22.0. The molecule has 5 rings (SSSR count). The Bertz CT molecular complexity index is 1060. The highest BCUT2D eigenvalue weighted by atomic mass is 32.2. The Morgan fingerprint density at radius 2 is 1.55 bits per heavy atom. The van der Waals surface area contributed by atoms with Crippen LogP contribution < -0.4 is 9.47 Å². The largest absolute Gasteiger partial charge is 0.508 e. The molecule has 2 N–H and O–H groups in total. The third-order valence-corrected chi connectivity index (χ3v) is 7.63. The molecule has 2 aliphatic heterocycles. The molecular weight excluding hydrogens is 434 g/mol. The lowest BCUT2D eigenvalue weighted by Gasteiger charge is -2.34. The Kier molecular flexibility index (Phi) is 6.65. The summed E-state index contributed by atoms with van der Waals surface area (Å²) in [7, 11) is 0. The van der Waals surface area contributed by atoms with E-state index in [0.717, 1.165) is 28.3 Å². The van der Waals surface area contributed by atoms with Crippen LogP contribution in [0, 0.1) is 0 Å². The topological polar surface area (TPSA) is 62.2 Å². The Balaban J connectivity index is 1.33. The predicted octanol–water partition coefficient (Wildman–Crippen LogP) is 5.93. The van der Waals surface area contributed by atoms with Crippen LogP contribution in [-0.2, 0) is 0 Å². The van der Waals surface area contributed by atoms with Crippen molar-refractivity contribution in [3.8, 4) is 23.0 Å². The standard InChI is InChI=1S/C27H29NO4S/c29-21-8-4-20(5-9-21)27-26(32-24-18-22(30)10-13-25(24)33-27)19-6-11-23(12-7-19)31-17-16-28-14-2-1-3-15-28/h4-13,18,26-27,29-30H,1-3,14-17H2/t26-,27+/m0/s1. The maximum atomic E-state index is 9.93. The van der Waals surface area contributed by atoms with E-state index < -0.39 is 0 Å². The maximum absolute atomic E-state index is 9.93. The summed E-state index contributed by atoms with van der Waals surface area (Å²) in [5.74, 6) is 1.97. The molecule has 3 aromatic carbocycles. The van der Waals surface area contributed by atoms with Crippen molar-refractivity contribution in [1.29, 1.82) is 0 Å². The quantitative estimate of drug-likeness (QED) is 0.472. The van der Waals surface area contributed by atoms with E-state index in [1.807, 2.05) is 30.3 Å². The Labute approximate surface area is 199 Å². The first-order valence-electron chi connectivity index (χ1n) is 11.6. The van der Waals surface area contributed by atoms with Gasteiger partial charge in [0.15, 0.2) is 0 Å². The molecule has 0 spiro atoms. The van der Waals surface area contributed by atoms with Crippen molar-refractivity contribution in [3.63, 3.8) is 0 Å². The van der Waals surface area contributed by atoms with Crippen molar-refractivity contribution in [2.75, 3.05) is 26.2 Å². The average Bonchev–Trinajstić information content (AvgIpc) is 2.85. The number of ether oxygens (including phenoxy) is 2. The van der Waals surface area contributed by atoms with Crippen molar-refractivity contribution >= 4 is 11.8 Å². The van der Waals surface area contributed by atoms with Gasteiger partial charge in [-0.3, -0.25) is 4.90 Å². The predicted molar refractivity (Wildman–Crippen MR) is 130 cm³/mol. The molecule has 6 heteroatoms. The zero-order valence-corrected chi connectivity index (χ0v) is 19.3. The van der Waals surface area contributed by atoms with Gasteiger partial charge < -0.3 is 19.7 Å². The minimum atomic E-state index is -0.240. The van der Waals surface area contributed by atoms with Crippen LogP contribution in [0.2, 0.25) is 0 Å². The van der Waals surface area contributed by atoms with Gasteiger partial charge in [0.05, 0.1) is 10.1 Å². The highest BCUT2D eigenvalue weighted by molar-refractivity contribution is 7.99. The summed E-state index contributed by atoms with van der Waals surface area (Å²) < 4.78 is 12.4. The van der Waals surface area contributed by atoms with E-state index in [-0.39, 0.29) is 22.9 Å². The first-order valence-corrected chi connectivity index (χ1v) is 12.4. The van der Waals surface area contributed by atoms with Gasteiger partial charge in [0.2, 0.25) is 0 Å². The second kappa shape index (κ2) is 9.98. The molecule has 33 heavy (non-hydrogen) atoms. The summed E-state index contributed by atoms with van der Waals surface area (Å²) >= 11 is 1.71. The fraction of sp³-hybridized carbons (Fsp3) is 0.333. The molecule has 1 fully saturated rings. The van der Waals surface area contributed by atoms with Crippen LogP contribution in [0.25, 0.3) is 0 Å². The van der Waals surface area contributed by atoms with Crippen molar-refractivity contribution < 1.29 is 19.7 Å². The number of phenols is 2. The zero-order valence-electron chi connectivity index (χ0n) is 18.5. The van der Waals surface area contributed by atoms with E-state index in [1.54, 1.807) is 36.0 Å². The highest BCUT2D eigenvalue weighted by Gasteiger charge is 2.33. The van der Waals surface area contributed by atoms with Crippen LogP contribution in [-0.4, -0.2) is 41.4 Å². The summed E-state index contributed by atoms with van der Waals surface area (Å²) in [6, 6.07) is 20.6. The van der Waals surface area contributed by atoms with Gasteiger partial charge in [0.25, 0.3) is 0 Å². The smallest absolute Gasteiger partial charge is 0.140 e. The number of nitrogens with zero attached hydrogens (tertiary/aromatic N) is 1. The third-order valence-electron chi connectivity index (χ3n) is 6.27. The van der Waals surface area contributed by atoms with Gasteiger partial charge >= 0.3 is 0 Å². The van der Waals surface area contributed by atoms with Crippen molar-refractivity contribution in [2.45, 2.75) is 35.5 Å². The maximum Gasteiger partial charge on any atom is 0.140 e. The molecule has 0 unspecified atom stereocenters. The monoisotopic (exact) mass is 463 g/mol. The number of hydrogen-bond donors (Lipinski definition) is 2. The molecule has 0 aliphatic carbocycles. The summed E-state index contributed by atoms with van der Waals surface area (Å²) in [6.07, 6.45) is 3.68. The number of fused-ring (bicyclic) bond motifs is 1. The van der Waals surface area contributed by atoms with Gasteiger partial charge in [-0.05, 0) is 73.5 Å². The van der Waals surface area contributed by atoms with Crippen LogP contribution in [0.1, 0.15) is 41.7 Å². The zero-order chi connectivity index (χ0) is 22.6. The second-order valence-electron chi connectivity index (χ2n) is 8.62. The fourth-order valence-corrected chi connectivity index (χ4v) is 5.74. The summed E-state index contributed by atoms with van der Waals surface area (Å²) in [5.41, 5.74) is 2.11. The van der Waals surface area contributed by atoms with Crippen molar-refractivity contribution in [1.82, 2.24) is 4.90 Å². The highest BCUT2D eigenvalue weighted by Crippen LogP contribution is 2.53. The molecule has 5 nitrogen and oxygen atoms in total. The van der Waals surface area contributed by atoms with E-state index in [4.69, 9.17) is 9.47 Å². The lowest BCUT2D eigenvalue weighted by atomic mass is 10.00. The van der Waals surface area contributed by atoms with Gasteiger partial charge in [0, 0.05) is 12.6 Å². The molecule has 0 aromatic heterocycles. The van der Waals surface area contributed by atoms with Gasteiger partial charge in [-0.25, -0.2) is 0 Å². The van der Waals surface area contributed by atoms with Gasteiger partial charge in [-0.15, -0.1) is 11.8 Å². The Hall–Kier alpha value is -2.83. The van der Waals surface area contributed by atoms with Gasteiger partial charge in [-0.1, -0.05) is 30.7 Å². The number of rotatable bonds is 6. The van der Waals surface area contributed by atoms with Crippen LogP contribution in [0.5, 0.6) is 23.0 Å². The summed E-state index contributed by atoms with van der Waals surface area (Å²) in [5, 5.41) is 19.7. The van der Waals surface area contributed by atoms with Crippen LogP contribution in [0.4, 0.5) is 0 Å². The normalized spacial score (nSPS) is 20.6. The molecule has 0 bridgehead atoms.